The fourth-order valence-corrected chi connectivity index (χ4v) is 2.52. The Bertz CT molecular complexity index is 689. The number of ketones is 1. The van der Waals surface area contributed by atoms with Crippen molar-refractivity contribution in [2.24, 2.45) is 0 Å². The Morgan fingerprint density at radius 1 is 1.00 bits per heavy atom. The van der Waals surface area contributed by atoms with Gasteiger partial charge in [-0.25, -0.2) is 0 Å². The topological polar surface area (TPSA) is 46.2 Å². The van der Waals surface area contributed by atoms with Crippen LogP contribution in [0.2, 0.25) is 0 Å². The van der Waals surface area contributed by atoms with E-state index in [0.717, 1.165) is 11.1 Å². The molecule has 0 fully saturated rings. The third kappa shape index (κ3) is 1.66. The number of nitrogens with one attached hydrogen (secondary N) is 1. The standard InChI is InChI=1S/C16H13NO2/c1-2-17-16(19)13-9-5-8-12-14(13)10-6-3-4-7-11(10)15(12)18/h3-9H,2H2,1H3,(H,17,19). The predicted octanol–water partition coefficient (Wildman–Crippen LogP) is 2.65. The second-order valence-electron chi connectivity index (χ2n) is 4.46. The normalized spacial score (nSPS) is 11.9. The van der Waals surface area contributed by atoms with Gasteiger partial charge in [-0.3, -0.25) is 9.59 Å². The summed E-state index contributed by atoms with van der Waals surface area (Å²) in [7, 11) is 0. The lowest BCUT2D eigenvalue weighted by molar-refractivity contribution is 0.0956. The SMILES string of the molecule is CCNC(=O)c1cccc2c1-c1ccccc1C2=O. The van der Waals surface area contributed by atoms with Gasteiger partial charge in [0.1, 0.15) is 0 Å². The molecule has 0 spiro atoms. The van der Waals surface area contributed by atoms with Gasteiger partial charge in [0, 0.05) is 28.8 Å². The van der Waals surface area contributed by atoms with Gasteiger partial charge in [-0.15, -0.1) is 0 Å². The number of amides is 1. The minimum absolute atomic E-state index is 0.00301. The summed E-state index contributed by atoms with van der Waals surface area (Å²) in [6, 6.07) is 12.7. The van der Waals surface area contributed by atoms with Crippen LogP contribution in [0.5, 0.6) is 0 Å². The zero-order valence-electron chi connectivity index (χ0n) is 10.6. The third-order valence-electron chi connectivity index (χ3n) is 3.33. The minimum atomic E-state index is -0.135. The Kier molecular flexibility index (Phi) is 2.67. The van der Waals surface area contributed by atoms with Crippen LogP contribution in [-0.2, 0) is 0 Å². The van der Waals surface area contributed by atoms with E-state index in [1.807, 2.05) is 25.1 Å². The Balaban J connectivity index is 2.25. The van der Waals surface area contributed by atoms with Crippen LogP contribution >= 0.6 is 0 Å². The average Bonchev–Trinajstić information content (AvgIpc) is 2.73. The van der Waals surface area contributed by atoms with Crippen molar-refractivity contribution in [2.75, 3.05) is 6.54 Å². The lowest BCUT2D eigenvalue weighted by Gasteiger charge is -2.08. The quantitative estimate of drug-likeness (QED) is 0.761. The first-order chi connectivity index (χ1) is 9.24. The van der Waals surface area contributed by atoms with Crippen LogP contribution in [0.25, 0.3) is 11.1 Å². The van der Waals surface area contributed by atoms with Crippen LogP contribution in [0.15, 0.2) is 42.5 Å². The van der Waals surface area contributed by atoms with Crippen molar-refractivity contribution in [2.45, 2.75) is 6.92 Å². The molecule has 94 valence electrons. The van der Waals surface area contributed by atoms with Crippen LogP contribution in [0.4, 0.5) is 0 Å². The van der Waals surface area contributed by atoms with Crippen LogP contribution in [0.1, 0.15) is 33.2 Å². The maximum Gasteiger partial charge on any atom is 0.251 e. The van der Waals surface area contributed by atoms with Gasteiger partial charge >= 0.3 is 0 Å². The lowest BCUT2D eigenvalue weighted by Crippen LogP contribution is -2.23. The van der Waals surface area contributed by atoms with Gasteiger partial charge in [-0.1, -0.05) is 36.4 Å². The van der Waals surface area contributed by atoms with E-state index >= 15 is 0 Å². The first-order valence-electron chi connectivity index (χ1n) is 6.29. The molecule has 19 heavy (non-hydrogen) atoms. The summed E-state index contributed by atoms with van der Waals surface area (Å²) in [6.07, 6.45) is 0. The molecular weight excluding hydrogens is 238 g/mol. The third-order valence-corrected chi connectivity index (χ3v) is 3.33. The molecule has 2 aromatic carbocycles. The van der Waals surface area contributed by atoms with Crippen molar-refractivity contribution in [3.63, 3.8) is 0 Å². The molecule has 1 N–H and O–H groups in total. The first kappa shape index (κ1) is 11.7. The highest BCUT2D eigenvalue weighted by Gasteiger charge is 2.29. The van der Waals surface area contributed by atoms with Gasteiger partial charge in [0.2, 0.25) is 0 Å². The smallest absolute Gasteiger partial charge is 0.251 e. The van der Waals surface area contributed by atoms with Crippen molar-refractivity contribution >= 4 is 11.7 Å². The molecule has 1 amide bonds. The number of fused-ring (bicyclic) bond motifs is 3. The Hall–Kier alpha value is -2.42. The molecule has 0 radical (unpaired) electrons. The summed E-state index contributed by atoms with van der Waals surface area (Å²) in [6.45, 7) is 2.44. The molecule has 0 saturated heterocycles. The summed E-state index contributed by atoms with van der Waals surface area (Å²) in [5, 5.41) is 2.79. The molecule has 3 rings (SSSR count). The summed E-state index contributed by atoms with van der Waals surface area (Å²) in [4.78, 5) is 24.4. The molecule has 0 unspecified atom stereocenters. The summed E-state index contributed by atoms with van der Waals surface area (Å²) in [5.41, 5.74) is 3.47. The average molecular weight is 251 g/mol. The fourth-order valence-electron chi connectivity index (χ4n) is 2.52. The molecule has 3 nitrogen and oxygen atoms in total. The van der Waals surface area contributed by atoms with Gasteiger partial charge < -0.3 is 5.32 Å². The Labute approximate surface area is 111 Å². The van der Waals surface area contributed by atoms with Crippen molar-refractivity contribution < 1.29 is 9.59 Å². The molecular formula is C16H13NO2. The van der Waals surface area contributed by atoms with Crippen LogP contribution < -0.4 is 5.32 Å². The minimum Gasteiger partial charge on any atom is -0.352 e. The highest BCUT2D eigenvalue weighted by atomic mass is 16.1. The number of hydrogen-bond acceptors (Lipinski definition) is 2. The van der Waals surface area contributed by atoms with E-state index in [0.29, 0.717) is 23.2 Å². The summed E-state index contributed by atoms with van der Waals surface area (Å²) >= 11 is 0. The molecule has 0 saturated carbocycles. The monoisotopic (exact) mass is 251 g/mol. The predicted molar refractivity (Wildman–Crippen MR) is 73.3 cm³/mol. The summed E-state index contributed by atoms with van der Waals surface area (Å²) in [5.74, 6) is -0.138. The van der Waals surface area contributed by atoms with Crippen molar-refractivity contribution in [3.8, 4) is 11.1 Å². The molecule has 2 aromatic rings. The Morgan fingerprint density at radius 3 is 2.42 bits per heavy atom. The Morgan fingerprint density at radius 2 is 1.68 bits per heavy atom. The van der Waals surface area contributed by atoms with Crippen molar-refractivity contribution in [1.29, 1.82) is 0 Å². The van der Waals surface area contributed by atoms with Crippen molar-refractivity contribution in [1.82, 2.24) is 5.32 Å². The molecule has 1 aliphatic rings. The molecule has 0 aromatic heterocycles. The van der Waals surface area contributed by atoms with Gasteiger partial charge in [-0.05, 0) is 18.6 Å². The maximum atomic E-state index is 12.3. The molecule has 0 bridgehead atoms. The van der Waals surface area contributed by atoms with Gasteiger partial charge in [0.25, 0.3) is 5.91 Å². The van der Waals surface area contributed by atoms with Crippen LogP contribution in [0.3, 0.4) is 0 Å². The van der Waals surface area contributed by atoms with Gasteiger partial charge in [0.15, 0.2) is 5.78 Å². The van der Waals surface area contributed by atoms with Crippen molar-refractivity contribution in [3.05, 3.63) is 59.2 Å². The number of carbonyl (C=O) groups excluding carboxylic acids is 2. The van der Waals surface area contributed by atoms with E-state index in [1.54, 1.807) is 24.3 Å². The van der Waals surface area contributed by atoms with E-state index in [-0.39, 0.29) is 11.7 Å². The molecule has 3 heteroatoms. The highest BCUT2D eigenvalue weighted by Crippen LogP contribution is 2.38. The van der Waals surface area contributed by atoms with E-state index < -0.39 is 0 Å². The molecule has 0 heterocycles. The van der Waals surface area contributed by atoms with Gasteiger partial charge in [0.05, 0.1) is 0 Å². The van der Waals surface area contributed by atoms with E-state index in [2.05, 4.69) is 5.32 Å². The largest absolute Gasteiger partial charge is 0.352 e. The second-order valence-corrected chi connectivity index (χ2v) is 4.46. The molecule has 0 aliphatic heterocycles. The number of carbonyl (C=O) groups is 2. The van der Waals surface area contributed by atoms with Gasteiger partial charge in [-0.2, -0.15) is 0 Å². The number of hydrogen-bond donors (Lipinski definition) is 1. The first-order valence-corrected chi connectivity index (χ1v) is 6.29. The zero-order valence-corrected chi connectivity index (χ0v) is 10.6. The molecule has 0 atom stereocenters. The highest BCUT2D eigenvalue weighted by molar-refractivity contribution is 6.24. The van der Waals surface area contributed by atoms with Crippen LogP contribution in [0, 0.1) is 0 Å². The lowest BCUT2D eigenvalue weighted by atomic mass is 9.99. The second kappa shape index (κ2) is 4.35. The number of rotatable bonds is 2. The maximum absolute atomic E-state index is 12.3. The van der Waals surface area contributed by atoms with E-state index in [4.69, 9.17) is 0 Å². The van der Waals surface area contributed by atoms with E-state index in [9.17, 15) is 9.59 Å². The molecule has 1 aliphatic carbocycles. The summed E-state index contributed by atoms with van der Waals surface area (Å²) < 4.78 is 0. The zero-order chi connectivity index (χ0) is 13.4. The van der Waals surface area contributed by atoms with E-state index in [1.165, 1.54) is 0 Å². The van der Waals surface area contributed by atoms with Crippen LogP contribution in [-0.4, -0.2) is 18.2 Å². The fraction of sp³-hybridized carbons (Fsp3) is 0.125. The number of benzene rings is 2.